The van der Waals surface area contributed by atoms with Gasteiger partial charge in [-0.05, 0) is 32.0 Å². The predicted molar refractivity (Wildman–Crippen MR) is 97.7 cm³/mol. The van der Waals surface area contributed by atoms with Gasteiger partial charge in [0.15, 0.2) is 0 Å². The molecule has 0 bridgehead atoms. The summed E-state index contributed by atoms with van der Waals surface area (Å²) >= 11 is 1.27. The zero-order chi connectivity index (χ0) is 18.7. The summed E-state index contributed by atoms with van der Waals surface area (Å²) in [6, 6.07) is 7.82. The fraction of sp³-hybridized carbons (Fsp3) is 0.118. The minimum Gasteiger partial charge on any atom is -0.507 e. The molecule has 0 spiro atoms. The lowest BCUT2D eigenvalue weighted by molar-refractivity contribution is 0.102. The van der Waals surface area contributed by atoms with Gasteiger partial charge in [0, 0.05) is 17.8 Å². The van der Waals surface area contributed by atoms with Gasteiger partial charge in [-0.2, -0.15) is 0 Å². The maximum absolute atomic E-state index is 12.3. The molecule has 0 radical (unpaired) electrons. The Morgan fingerprint density at radius 2 is 2.12 bits per heavy atom. The molecule has 0 aliphatic carbocycles. The van der Waals surface area contributed by atoms with Gasteiger partial charge >= 0.3 is 5.63 Å². The SMILES string of the molecule is Cc1cc(O)c(C=Nc2cccc(C(=O)Nc3nnc(C)s3)c2)c(=O)o1. The third kappa shape index (κ3) is 4.01. The van der Waals surface area contributed by atoms with Gasteiger partial charge in [-0.15, -0.1) is 10.2 Å². The molecule has 0 fully saturated rings. The van der Waals surface area contributed by atoms with Crippen molar-refractivity contribution in [3.63, 3.8) is 0 Å². The average Bonchev–Trinajstić information content (AvgIpc) is 2.99. The van der Waals surface area contributed by atoms with Crippen molar-refractivity contribution in [3.8, 4) is 5.75 Å². The van der Waals surface area contributed by atoms with Gasteiger partial charge in [0.05, 0.1) is 5.69 Å². The smallest absolute Gasteiger partial charge is 0.348 e. The summed E-state index contributed by atoms with van der Waals surface area (Å²) in [5, 5.41) is 21.3. The van der Waals surface area contributed by atoms with Gasteiger partial charge in [0.2, 0.25) is 5.13 Å². The Morgan fingerprint density at radius 1 is 1.31 bits per heavy atom. The fourth-order valence-corrected chi connectivity index (χ4v) is 2.69. The summed E-state index contributed by atoms with van der Waals surface area (Å²) in [5.74, 6) is -0.269. The van der Waals surface area contributed by atoms with Crippen LogP contribution in [0.2, 0.25) is 0 Å². The van der Waals surface area contributed by atoms with Crippen molar-refractivity contribution < 1.29 is 14.3 Å². The molecule has 3 aromatic rings. The van der Waals surface area contributed by atoms with Crippen LogP contribution < -0.4 is 10.9 Å². The van der Waals surface area contributed by atoms with Crippen LogP contribution >= 0.6 is 11.3 Å². The number of carbonyl (C=O) groups is 1. The topological polar surface area (TPSA) is 118 Å². The Kier molecular flexibility index (Phi) is 4.90. The van der Waals surface area contributed by atoms with E-state index in [9.17, 15) is 14.7 Å². The van der Waals surface area contributed by atoms with E-state index in [0.29, 0.717) is 22.1 Å². The number of amides is 1. The van der Waals surface area contributed by atoms with Crippen LogP contribution in [0.1, 0.15) is 26.7 Å². The van der Waals surface area contributed by atoms with E-state index < -0.39 is 5.63 Å². The van der Waals surface area contributed by atoms with Crippen molar-refractivity contribution in [2.45, 2.75) is 13.8 Å². The van der Waals surface area contributed by atoms with E-state index in [0.717, 1.165) is 5.01 Å². The highest BCUT2D eigenvalue weighted by atomic mass is 32.1. The first-order valence-corrected chi connectivity index (χ1v) is 8.33. The van der Waals surface area contributed by atoms with Crippen LogP contribution in [0.3, 0.4) is 0 Å². The first-order valence-electron chi connectivity index (χ1n) is 7.51. The van der Waals surface area contributed by atoms with Crippen LogP contribution in [-0.2, 0) is 0 Å². The molecule has 132 valence electrons. The maximum Gasteiger partial charge on any atom is 0.348 e. The fourth-order valence-electron chi connectivity index (χ4n) is 2.11. The van der Waals surface area contributed by atoms with E-state index >= 15 is 0 Å². The third-order valence-corrected chi connectivity index (χ3v) is 4.04. The summed E-state index contributed by atoms with van der Waals surface area (Å²) in [5.41, 5.74) is 0.0553. The van der Waals surface area contributed by atoms with E-state index in [1.807, 2.05) is 0 Å². The number of rotatable bonds is 4. The second-order valence-corrected chi connectivity index (χ2v) is 6.51. The average molecular weight is 370 g/mol. The van der Waals surface area contributed by atoms with E-state index in [4.69, 9.17) is 4.42 Å². The van der Waals surface area contributed by atoms with Crippen molar-refractivity contribution in [2.75, 3.05) is 5.32 Å². The van der Waals surface area contributed by atoms with E-state index in [-0.39, 0.29) is 17.2 Å². The molecule has 1 aromatic carbocycles. The lowest BCUT2D eigenvalue weighted by Crippen LogP contribution is -2.11. The van der Waals surface area contributed by atoms with Crippen LogP contribution in [-0.4, -0.2) is 27.4 Å². The van der Waals surface area contributed by atoms with Gasteiger partial charge in [0.25, 0.3) is 5.91 Å². The van der Waals surface area contributed by atoms with Crippen molar-refractivity contribution in [1.82, 2.24) is 10.2 Å². The number of anilines is 1. The van der Waals surface area contributed by atoms with Gasteiger partial charge in [-0.3, -0.25) is 15.1 Å². The number of hydrogen-bond donors (Lipinski definition) is 2. The molecule has 0 saturated carbocycles. The molecule has 0 saturated heterocycles. The number of aromatic hydroxyl groups is 1. The number of carbonyl (C=O) groups excluding carboxylic acids is 1. The molecule has 8 nitrogen and oxygen atoms in total. The maximum atomic E-state index is 12.3. The largest absolute Gasteiger partial charge is 0.507 e. The standard InChI is InChI=1S/C17H14N4O4S/c1-9-6-14(22)13(16(24)25-9)8-18-12-5-3-4-11(7-12)15(23)19-17-21-20-10(2)26-17/h3-8,22H,1-2H3,(H,19,21,23). The van der Waals surface area contributed by atoms with Crippen LogP contribution in [0.5, 0.6) is 5.75 Å². The number of nitrogens with one attached hydrogen (secondary N) is 1. The molecule has 26 heavy (non-hydrogen) atoms. The van der Waals surface area contributed by atoms with Crippen LogP contribution in [0, 0.1) is 13.8 Å². The number of aryl methyl sites for hydroxylation is 2. The molecular weight excluding hydrogens is 356 g/mol. The summed E-state index contributed by atoms with van der Waals surface area (Å²) in [7, 11) is 0. The molecule has 0 atom stereocenters. The summed E-state index contributed by atoms with van der Waals surface area (Å²) in [6.45, 7) is 3.35. The summed E-state index contributed by atoms with van der Waals surface area (Å²) < 4.78 is 4.93. The van der Waals surface area contributed by atoms with Gasteiger partial charge < -0.3 is 9.52 Å². The highest BCUT2D eigenvalue weighted by Gasteiger charge is 2.10. The minimum absolute atomic E-state index is 0.0604. The molecule has 2 aromatic heterocycles. The van der Waals surface area contributed by atoms with Crippen LogP contribution in [0.4, 0.5) is 10.8 Å². The highest BCUT2D eigenvalue weighted by molar-refractivity contribution is 7.15. The first-order chi connectivity index (χ1) is 12.4. The van der Waals surface area contributed by atoms with Crippen molar-refractivity contribution in [3.05, 3.63) is 62.6 Å². The molecule has 0 unspecified atom stereocenters. The summed E-state index contributed by atoms with van der Waals surface area (Å²) in [6.07, 6.45) is 1.20. The second-order valence-electron chi connectivity index (χ2n) is 5.33. The minimum atomic E-state index is -0.688. The number of benzene rings is 1. The van der Waals surface area contributed by atoms with Crippen LogP contribution in [0.25, 0.3) is 0 Å². The Labute approximate surface area is 151 Å². The molecule has 3 rings (SSSR count). The molecule has 0 aliphatic rings. The number of hydrogen-bond acceptors (Lipinski definition) is 8. The van der Waals surface area contributed by atoms with Crippen molar-refractivity contribution in [2.24, 2.45) is 4.99 Å². The normalized spacial score (nSPS) is 11.0. The monoisotopic (exact) mass is 370 g/mol. The second kappa shape index (κ2) is 7.28. The lowest BCUT2D eigenvalue weighted by atomic mass is 10.2. The first kappa shape index (κ1) is 17.5. The number of aliphatic imine (C=N–C) groups is 1. The van der Waals surface area contributed by atoms with E-state index in [2.05, 4.69) is 20.5 Å². The van der Waals surface area contributed by atoms with Gasteiger partial charge in [0.1, 0.15) is 22.1 Å². The Bertz CT molecular complexity index is 1050. The van der Waals surface area contributed by atoms with Crippen molar-refractivity contribution >= 4 is 34.3 Å². The van der Waals surface area contributed by atoms with Crippen molar-refractivity contribution in [1.29, 1.82) is 0 Å². The third-order valence-electron chi connectivity index (χ3n) is 3.29. The highest BCUT2D eigenvalue weighted by Crippen LogP contribution is 2.19. The Hall–Kier alpha value is -3.33. The molecule has 9 heteroatoms. The molecule has 1 amide bonds. The molecular formula is C17H14N4O4S. The molecule has 2 heterocycles. The molecule has 2 N–H and O–H groups in total. The zero-order valence-corrected chi connectivity index (χ0v) is 14.7. The molecule has 0 aliphatic heterocycles. The lowest BCUT2D eigenvalue weighted by Gasteiger charge is -2.02. The van der Waals surface area contributed by atoms with E-state index in [1.54, 1.807) is 38.1 Å². The quantitative estimate of drug-likeness (QED) is 0.682. The van der Waals surface area contributed by atoms with Gasteiger partial charge in [-0.1, -0.05) is 17.4 Å². The number of aromatic nitrogens is 2. The van der Waals surface area contributed by atoms with Crippen LogP contribution in [0.15, 0.2) is 44.5 Å². The Balaban J connectivity index is 1.81. The van der Waals surface area contributed by atoms with Gasteiger partial charge in [-0.25, -0.2) is 4.79 Å². The zero-order valence-electron chi connectivity index (χ0n) is 13.9. The number of nitrogens with zero attached hydrogens (tertiary/aromatic N) is 3. The summed E-state index contributed by atoms with van der Waals surface area (Å²) in [4.78, 5) is 28.2. The predicted octanol–water partition coefficient (Wildman–Crippen LogP) is 2.82. The Morgan fingerprint density at radius 3 is 2.81 bits per heavy atom. The van der Waals surface area contributed by atoms with E-state index in [1.165, 1.54) is 23.6 Å².